The first-order valence-electron chi connectivity index (χ1n) is 4.77. The summed E-state index contributed by atoms with van der Waals surface area (Å²) in [6, 6.07) is 0. The van der Waals surface area contributed by atoms with Crippen molar-refractivity contribution in [1.82, 2.24) is 0 Å². The first kappa shape index (κ1) is 11.0. The Balaban J connectivity index is 2.91. The van der Waals surface area contributed by atoms with Gasteiger partial charge in [-0.2, -0.15) is 8.42 Å². The van der Waals surface area contributed by atoms with Crippen LogP contribution in [0.4, 0.5) is 3.89 Å². The molecule has 0 heterocycles. The zero-order valence-corrected chi connectivity index (χ0v) is 9.03. The van der Waals surface area contributed by atoms with Crippen LogP contribution in [-0.2, 0) is 10.2 Å². The molecule has 1 aliphatic carbocycles. The van der Waals surface area contributed by atoms with Crippen LogP contribution in [0.25, 0.3) is 0 Å². The van der Waals surface area contributed by atoms with E-state index < -0.39 is 20.9 Å². The molecule has 1 fully saturated rings. The van der Waals surface area contributed by atoms with Crippen LogP contribution in [0.2, 0.25) is 0 Å². The Morgan fingerprint density at radius 2 is 1.85 bits per heavy atom. The Morgan fingerprint density at radius 3 is 2.38 bits per heavy atom. The monoisotopic (exact) mass is 208 g/mol. The lowest BCUT2D eigenvalue weighted by molar-refractivity contribution is 0.308. The Bertz CT molecular complexity index is 269. The summed E-state index contributed by atoms with van der Waals surface area (Å²) >= 11 is 0. The van der Waals surface area contributed by atoms with Gasteiger partial charge in [-0.1, -0.05) is 33.1 Å². The molecular formula is C9H17FO2S. The van der Waals surface area contributed by atoms with Gasteiger partial charge in [0.25, 0.3) is 0 Å². The first-order valence-corrected chi connectivity index (χ1v) is 6.22. The van der Waals surface area contributed by atoms with Crippen LogP contribution in [0.15, 0.2) is 0 Å². The SMILES string of the molecule is CC1(C)CCCCCC1S(=O)(=O)F. The number of hydrogen-bond acceptors (Lipinski definition) is 2. The molecule has 0 N–H and O–H groups in total. The molecule has 1 aliphatic rings. The maximum absolute atomic E-state index is 12.9. The van der Waals surface area contributed by atoms with E-state index in [-0.39, 0.29) is 0 Å². The van der Waals surface area contributed by atoms with E-state index in [9.17, 15) is 12.3 Å². The van der Waals surface area contributed by atoms with E-state index in [1.807, 2.05) is 13.8 Å². The van der Waals surface area contributed by atoms with Gasteiger partial charge in [0.05, 0.1) is 5.25 Å². The lowest BCUT2D eigenvalue weighted by Crippen LogP contribution is -2.33. The predicted molar refractivity (Wildman–Crippen MR) is 50.7 cm³/mol. The van der Waals surface area contributed by atoms with Gasteiger partial charge in [0.2, 0.25) is 0 Å². The highest BCUT2D eigenvalue weighted by molar-refractivity contribution is 7.87. The van der Waals surface area contributed by atoms with Crippen LogP contribution in [0, 0.1) is 5.41 Å². The molecule has 1 unspecified atom stereocenters. The molecule has 0 saturated heterocycles. The van der Waals surface area contributed by atoms with Crippen molar-refractivity contribution >= 4 is 10.2 Å². The van der Waals surface area contributed by atoms with Crippen molar-refractivity contribution in [1.29, 1.82) is 0 Å². The van der Waals surface area contributed by atoms with Gasteiger partial charge in [-0.05, 0) is 18.3 Å². The van der Waals surface area contributed by atoms with Gasteiger partial charge in [-0.3, -0.25) is 0 Å². The molecule has 1 saturated carbocycles. The summed E-state index contributed by atoms with van der Waals surface area (Å²) in [7, 11) is -4.36. The molecule has 4 heteroatoms. The molecule has 0 spiro atoms. The van der Waals surface area contributed by atoms with Gasteiger partial charge in [-0.25, -0.2) is 0 Å². The molecule has 0 aromatic rings. The molecule has 0 amide bonds. The molecule has 1 atom stereocenters. The molecule has 2 nitrogen and oxygen atoms in total. The average Bonchev–Trinajstić information content (AvgIpc) is 2.07. The van der Waals surface area contributed by atoms with Gasteiger partial charge in [-0.15, -0.1) is 3.89 Å². The largest absolute Gasteiger partial charge is 0.305 e. The molecule has 0 aromatic heterocycles. The van der Waals surface area contributed by atoms with Gasteiger partial charge < -0.3 is 0 Å². The van der Waals surface area contributed by atoms with Crippen molar-refractivity contribution < 1.29 is 12.3 Å². The minimum Gasteiger partial charge on any atom is -0.195 e. The third kappa shape index (κ3) is 2.66. The summed E-state index contributed by atoms with van der Waals surface area (Å²) in [5.74, 6) is 0. The van der Waals surface area contributed by atoms with E-state index in [0.29, 0.717) is 6.42 Å². The summed E-state index contributed by atoms with van der Waals surface area (Å²) in [6.07, 6.45) is 4.15. The quantitative estimate of drug-likeness (QED) is 0.490. The van der Waals surface area contributed by atoms with E-state index >= 15 is 0 Å². The van der Waals surface area contributed by atoms with Crippen LogP contribution in [0.5, 0.6) is 0 Å². The fourth-order valence-corrected chi connectivity index (χ4v) is 3.49. The van der Waals surface area contributed by atoms with Crippen molar-refractivity contribution in [3.8, 4) is 0 Å². The fourth-order valence-electron chi connectivity index (χ4n) is 2.16. The van der Waals surface area contributed by atoms with Crippen LogP contribution in [0.3, 0.4) is 0 Å². The molecule has 13 heavy (non-hydrogen) atoms. The Labute approximate surface area is 79.7 Å². The van der Waals surface area contributed by atoms with Crippen molar-refractivity contribution in [3.63, 3.8) is 0 Å². The minimum atomic E-state index is -4.36. The van der Waals surface area contributed by atoms with Gasteiger partial charge in [0, 0.05) is 0 Å². The van der Waals surface area contributed by atoms with Crippen molar-refractivity contribution in [2.24, 2.45) is 5.41 Å². The van der Waals surface area contributed by atoms with Crippen LogP contribution in [0.1, 0.15) is 46.0 Å². The van der Waals surface area contributed by atoms with Crippen molar-refractivity contribution in [3.05, 3.63) is 0 Å². The van der Waals surface area contributed by atoms with Crippen LogP contribution >= 0.6 is 0 Å². The van der Waals surface area contributed by atoms with E-state index in [1.54, 1.807) is 0 Å². The topological polar surface area (TPSA) is 34.1 Å². The standard InChI is InChI=1S/C9H17FO2S/c1-9(2)7-5-3-4-6-8(9)13(10,11)12/h8H,3-7H2,1-2H3. The predicted octanol–water partition coefficient (Wildman–Crippen LogP) is 2.64. The smallest absolute Gasteiger partial charge is 0.195 e. The first-order chi connectivity index (χ1) is 5.84. The van der Waals surface area contributed by atoms with Gasteiger partial charge >= 0.3 is 10.2 Å². The van der Waals surface area contributed by atoms with Crippen molar-refractivity contribution in [2.45, 2.75) is 51.2 Å². The van der Waals surface area contributed by atoms with E-state index in [1.165, 1.54) is 0 Å². The second-order valence-corrected chi connectivity index (χ2v) is 6.07. The second kappa shape index (κ2) is 3.56. The fraction of sp³-hybridized carbons (Fsp3) is 1.00. The molecule has 0 aromatic carbocycles. The van der Waals surface area contributed by atoms with Crippen LogP contribution in [-0.4, -0.2) is 13.7 Å². The summed E-state index contributed by atoms with van der Waals surface area (Å²) in [5, 5.41) is -0.789. The summed E-state index contributed by atoms with van der Waals surface area (Å²) in [4.78, 5) is 0. The van der Waals surface area contributed by atoms with Gasteiger partial charge in [0.1, 0.15) is 0 Å². The summed E-state index contributed by atoms with van der Waals surface area (Å²) in [6.45, 7) is 3.69. The second-order valence-electron chi connectivity index (χ2n) is 4.55. The Morgan fingerprint density at radius 1 is 1.23 bits per heavy atom. The Hall–Kier alpha value is -0.120. The highest BCUT2D eigenvalue weighted by Gasteiger charge is 2.39. The molecule has 78 valence electrons. The zero-order chi connectivity index (χ0) is 10.1. The molecular weight excluding hydrogens is 191 g/mol. The normalized spacial score (nSPS) is 29.6. The highest BCUT2D eigenvalue weighted by atomic mass is 32.3. The number of hydrogen-bond donors (Lipinski definition) is 0. The van der Waals surface area contributed by atoms with Gasteiger partial charge in [0.15, 0.2) is 0 Å². The zero-order valence-electron chi connectivity index (χ0n) is 8.22. The van der Waals surface area contributed by atoms with E-state index in [2.05, 4.69) is 0 Å². The average molecular weight is 208 g/mol. The molecule has 0 radical (unpaired) electrons. The highest BCUT2D eigenvalue weighted by Crippen LogP contribution is 2.38. The number of halogens is 1. The maximum atomic E-state index is 12.9. The minimum absolute atomic E-state index is 0.399. The number of rotatable bonds is 1. The third-order valence-electron chi connectivity index (χ3n) is 3.00. The molecule has 0 bridgehead atoms. The third-order valence-corrected chi connectivity index (χ3v) is 4.55. The summed E-state index contributed by atoms with van der Waals surface area (Å²) in [5.41, 5.74) is -0.399. The maximum Gasteiger partial charge on any atom is 0.305 e. The molecule has 0 aliphatic heterocycles. The lowest BCUT2D eigenvalue weighted by atomic mass is 9.84. The van der Waals surface area contributed by atoms with Crippen LogP contribution < -0.4 is 0 Å². The Kier molecular flexibility index (Phi) is 3.00. The van der Waals surface area contributed by atoms with Crippen molar-refractivity contribution in [2.75, 3.05) is 0 Å². The lowest BCUT2D eigenvalue weighted by Gasteiger charge is -2.29. The van der Waals surface area contributed by atoms with E-state index in [4.69, 9.17) is 0 Å². The molecule has 1 rings (SSSR count). The van der Waals surface area contributed by atoms with E-state index in [0.717, 1.165) is 25.7 Å². The summed E-state index contributed by atoms with van der Waals surface area (Å²) < 4.78 is 34.7.